The van der Waals surface area contributed by atoms with E-state index >= 15 is 0 Å². The number of aliphatic hydroxyl groups is 1. The second-order valence-electron chi connectivity index (χ2n) is 5.73. The van der Waals surface area contributed by atoms with Crippen molar-refractivity contribution < 1.29 is 23.4 Å². The van der Waals surface area contributed by atoms with E-state index < -0.39 is 23.9 Å². The van der Waals surface area contributed by atoms with E-state index in [9.17, 15) is 18.7 Å². The predicted molar refractivity (Wildman–Crippen MR) is 72.5 cm³/mol. The SMILES string of the molecule is C=C(C)C(=O)OCC(C1CCCCC1)C(F)(F)C(C)O. The van der Waals surface area contributed by atoms with Gasteiger partial charge in [0, 0.05) is 5.57 Å². The lowest BCUT2D eigenvalue weighted by Crippen LogP contribution is -2.46. The molecule has 3 nitrogen and oxygen atoms in total. The molecule has 0 bridgehead atoms. The van der Waals surface area contributed by atoms with Crippen molar-refractivity contribution >= 4 is 5.97 Å². The molecular weight excluding hydrogens is 266 g/mol. The first-order valence-corrected chi connectivity index (χ1v) is 7.15. The molecule has 1 rings (SSSR count). The molecule has 20 heavy (non-hydrogen) atoms. The van der Waals surface area contributed by atoms with E-state index in [-0.39, 0.29) is 18.1 Å². The van der Waals surface area contributed by atoms with Crippen LogP contribution < -0.4 is 0 Å². The number of ether oxygens (including phenoxy) is 1. The van der Waals surface area contributed by atoms with Gasteiger partial charge in [-0.25, -0.2) is 13.6 Å². The average Bonchev–Trinajstić information content (AvgIpc) is 2.39. The molecule has 5 heteroatoms. The molecule has 0 aliphatic heterocycles. The van der Waals surface area contributed by atoms with Crippen LogP contribution in [0.4, 0.5) is 8.78 Å². The van der Waals surface area contributed by atoms with Crippen LogP contribution in [0.5, 0.6) is 0 Å². The van der Waals surface area contributed by atoms with Gasteiger partial charge >= 0.3 is 5.97 Å². The molecular formula is C15H24F2O3. The van der Waals surface area contributed by atoms with Gasteiger partial charge < -0.3 is 9.84 Å². The molecule has 116 valence electrons. The van der Waals surface area contributed by atoms with Crippen molar-refractivity contribution in [3.05, 3.63) is 12.2 Å². The fourth-order valence-corrected chi connectivity index (χ4v) is 2.70. The minimum Gasteiger partial charge on any atom is -0.462 e. The summed E-state index contributed by atoms with van der Waals surface area (Å²) in [6, 6.07) is 0. The molecule has 1 aliphatic carbocycles. The molecule has 0 heterocycles. The Balaban J connectivity index is 2.78. The Hall–Kier alpha value is -0.970. The van der Waals surface area contributed by atoms with Crippen LogP contribution in [0.1, 0.15) is 46.0 Å². The van der Waals surface area contributed by atoms with Crippen molar-refractivity contribution in [2.75, 3.05) is 6.61 Å². The zero-order chi connectivity index (χ0) is 15.3. The zero-order valence-corrected chi connectivity index (χ0v) is 12.2. The van der Waals surface area contributed by atoms with Crippen molar-refractivity contribution in [3.63, 3.8) is 0 Å². The van der Waals surface area contributed by atoms with Gasteiger partial charge in [-0.2, -0.15) is 0 Å². The van der Waals surface area contributed by atoms with Crippen LogP contribution >= 0.6 is 0 Å². The largest absolute Gasteiger partial charge is 0.462 e. The Morgan fingerprint density at radius 3 is 2.40 bits per heavy atom. The van der Waals surface area contributed by atoms with Gasteiger partial charge in [0.1, 0.15) is 12.7 Å². The molecule has 0 radical (unpaired) electrons. The number of carbonyl (C=O) groups excluding carboxylic acids is 1. The van der Waals surface area contributed by atoms with Crippen LogP contribution in [0.15, 0.2) is 12.2 Å². The van der Waals surface area contributed by atoms with Gasteiger partial charge in [-0.05, 0) is 32.6 Å². The molecule has 0 aromatic carbocycles. The van der Waals surface area contributed by atoms with Crippen molar-refractivity contribution in [2.45, 2.75) is 58.0 Å². The Morgan fingerprint density at radius 2 is 1.95 bits per heavy atom. The molecule has 1 N–H and O–H groups in total. The number of carbonyl (C=O) groups is 1. The Bertz CT molecular complexity index is 347. The lowest BCUT2D eigenvalue weighted by Gasteiger charge is -2.36. The maximum Gasteiger partial charge on any atom is 0.333 e. The van der Waals surface area contributed by atoms with Crippen LogP contribution in [0, 0.1) is 11.8 Å². The number of halogens is 2. The Kier molecular flexibility index (Phi) is 6.11. The Morgan fingerprint density at radius 1 is 1.40 bits per heavy atom. The van der Waals surface area contributed by atoms with Crippen molar-refractivity contribution in [2.24, 2.45) is 11.8 Å². The van der Waals surface area contributed by atoms with Crippen molar-refractivity contribution in [3.8, 4) is 0 Å². The van der Waals surface area contributed by atoms with Gasteiger partial charge in [0.05, 0.1) is 5.92 Å². The monoisotopic (exact) mass is 290 g/mol. The van der Waals surface area contributed by atoms with E-state index in [0.29, 0.717) is 12.8 Å². The first kappa shape index (κ1) is 17.1. The lowest BCUT2D eigenvalue weighted by atomic mass is 9.76. The number of esters is 1. The molecule has 0 saturated heterocycles. The molecule has 2 unspecified atom stereocenters. The van der Waals surface area contributed by atoms with Crippen LogP contribution in [0.2, 0.25) is 0 Å². The van der Waals surface area contributed by atoms with E-state index in [1.165, 1.54) is 6.92 Å². The first-order chi connectivity index (χ1) is 9.26. The quantitative estimate of drug-likeness (QED) is 0.603. The number of hydrogen-bond acceptors (Lipinski definition) is 3. The van der Waals surface area contributed by atoms with Gasteiger partial charge in [-0.1, -0.05) is 25.8 Å². The molecule has 1 aliphatic rings. The number of hydrogen-bond donors (Lipinski definition) is 1. The van der Waals surface area contributed by atoms with E-state index in [1.54, 1.807) is 0 Å². The summed E-state index contributed by atoms with van der Waals surface area (Å²) >= 11 is 0. The normalized spacial score (nSPS) is 20.2. The van der Waals surface area contributed by atoms with Crippen LogP contribution in [0.3, 0.4) is 0 Å². The molecule has 0 spiro atoms. The van der Waals surface area contributed by atoms with Crippen LogP contribution in [-0.4, -0.2) is 29.7 Å². The number of rotatable bonds is 6. The lowest BCUT2D eigenvalue weighted by molar-refractivity contribution is -0.178. The molecule has 1 saturated carbocycles. The molecule has 0 aromatic rings. The second-order valence-corrected chi connectivity index (χ2v) is 5.73. The smallest absolute Gasteiger partial charge is 0.333 e. The minimum atomic E-state index is -3.25. The number of aliphatic hydroxyl groups excluding tert-OH is 1. The van der Waals surface area contributed by atoms with Crippen LogP contribution in [-0.2, 0) is 9.53 Å². The summed E-state index contributed by atoms with van der Waals surface area (Å²) in [4.78, 5) is 11.4. The summed E-state index contributed by atoms with van der Waals surface area (Å²) in [5, 5.41) is 9.35. The number of alkyl halides is 2. The highest BCUT2D eigenvalue weighted by Crippen LogP contribution is 2.40. The summed E-state index contributed by atoms with van der Waals surface area (Å²) in [7, 11) is 0. The molecule has 1 fully saturated rings. The van der Waals surface area contributed by atoms with Crippen molar-refractivity contribution in [1.29, 1.82) is 0 Å². The maximum absolute atomic E-state index is 14.2. The summed E-state index contributed by atoms with van der Waals surface area (Å²) in [6.07, 6.45) is 2.50. The maximum atomic E-state index is 14.2. The summed E-state index contributed by atoms with van der Waals surface area (Å²) in [6.45, 7) is 5.62. The summed E-state index contributed by atoms with van der Waals surface area (Å²) in [5.41, 5.74) is 0.188. The average molecular weight is 290 g/mol. The predicted octanol–water partition coefficient (Wildman–Crippen LogP) is 3.32. The van der Waals surface area contributed by atoms with E-state index in [0.717, 1.165) is 26.2 Å². The van der Waals surface area contributed by atoms with Crippen LogP contribution in [0.25, 0.3) is 0 Å². The first-order valence-electron chi connectivity index (χ1n) is 7.15. The summed E-state index contributed by atoms with van der Waals surface area (Å²) < 4.78 is 33.3. The summed E-state index contributed by atoms with van der Waals surface area (Å²) in [5.74, 6) is -5.26. The van der Waals surface area contributed by atoms with E-state index in [1.807, 2.05) is 0 Å². The molecule has 0 amide bonds. The van der Waals surface area contributed by atoms with E-state index in [2.05, 4.69) is 6.58 Å². The molecule has 2 atom stereocenters. The fraction of sp³-hybridized carbons (Fsp3) is 0.800. The van der Waals surface area contributed by atoms with Gasteiger partial charge in [0.2, 0.25) is 0 Å². The second kappa shape index (κ2) is 7.16. The Labute approximate surface area is 119 Å². The third kappa shape index (κ3) is 4.27. The third-order valence-corrected chi connectivity index (χ3v) is 4.01. The van der Waals surface area contributed by atoms with Gasteiger partial charge in [-0.15, -0.1) is 0 Å². The topological polar surface area (TPSA) is 46.5 Å². The standard InChI is InChI=1S/C15H24F2O3/c1-10(2)14(19)20-9-13(15(16,17)11(3)18)12-7-5-4-6-8-12/h11-13,18H,1,4-9H2,2-3H3. The van der Waals surface area contributed by atoms with Gasteiger partial charge in [0.25, 0.3) is 5.92 Å². The minimum absolute atomic E-state index is 0.188. The highest BCUT2D eigenvalue weighted by atomic mass is 19.3. The van der Waals surface area contributed by atoms with Gasteiger partial charge in [0.15, 0.2) is 0 Å². The molecule has 0 aromatic heterocycles. The van der Waals surface area contributed by atoms with Gasteiger partial charge in [-0.3, -0.25) is 0 Å². The highest BCUT2D eigenvalue weighted by molar-refractivity contribution is 5.86. The third-order valence-electron chi connectivity index (χ3n) is 4.01. The van der Waals surface area contributed by atoms with E-state index in [4.69, 9.17) is 4.74 Å². The van der Waals surface area contributed by atoms with Crippen molar-refractivity contribution in [1.82, 2.24) is 0 Å². The highest BCUT2D eigenvalue weighted by Gasteiger charge is 2.48. The fourth-order valence-electron chi connectivity index (χ4n) is 2.70. The zero-order valence-electron chi connectivity index (χ0n) is 12.2.